The Kier molecular flexibility index (Phi) is 17.3. The predicted molar refractivity (Wildman–Crippen MR) is 113 cm³/mol. The van der Waals surface area contributed by atoms with Crippen molar-refractivity contribution in [3.63, 3.8) is 0 Å². The molecule has 0 radical (unpaired) electrons. The second-order valence-corrected chi connectivity index (χ2v) is 8.58. The molecule has 0 rings (SSSR count). The highest BCUT2D eigenvalue weighted by molar-refractivity contribution is 5.69. The van der Waals surface area contributed by atoms with Crippen LogP contribution in [0.25, 0.3) is 0 Å². The van der Waals surface area contributed by atoms with E-state index in [4.69, 9.17) is 14.2 Å². The normalized spacial score (nSPS) is 12.4. The highest BCUT2D eigenvalue weighted by Gasteiger charge is 2.10. The smallest absolute Gasteiger partial charge is 0.306 e. The van der Waals surface area contributed by atoms with E-state index in [-0.39, 0.29) is 24.6 Å². The van der Waals surface area contributed by atoms with Gasteiger partial charge < -0.3 is 14.2 Å². The van der Waals surface area contributed by atoms with Gasteiger partial charge in [-0.3, -0.25) is 9.59 Å². The van der Waals surface area contributed by atoms with Gasteiger partial charge in [-0.2, -0.15) is 0 Å². The van der Waals surface area contributed by atoms with Gasteiger partial charge in [0.15, 0.2) is 0 Å². The van der Waals surface area contributed by atoms with E-state index in [1.807, 2.05) is 6.92 Å². The minimum Gasteiger partial charge on any atom is -0.463 e. The van der Waals surface area contributed by atoms with Crippen LogP contribution in [0.5, 0.6) is 0 Å². The van der Waals surface area contributed by atoms with E-state index >= 15 is 0 Å². The maximum absolute atomic E-state index is 11.8. The van der Waals surface area contributed by atoms with Gasteiger partial charge >= 0.3 is 11.9 Å². The first-order valence-corrected chi connectivity index (χ1v) is 11.2. The van der Waals surface area contributed by atoms with Crippen LogP contribution in [0.3, 0.4) is 0 Å². The van der Waals surface area contributed by atoms with Crippen molar-refractivity contribution in [3.8, 4) is 0 Å². The quantitative estimate of drug-likeness (QED) is 0.218. The monoisotopic (exact) mass is 400 g/mol. The Balaban J connectivity index is 3.49. The van der Waals surface area contributed by atoms with E-state index in [0.717, 1.165) is 37.5 Å². The van der Waals surface area contributed by atoms with Crippen LogP contribution in [-0.4, -0.2) is 37.9 Å². The summed E-state index contributed by atoms with van der Waals surface area (Å²) in [6.07, 6.45) is 9.34. The number of hydrogen-bond acceptors (Lipinski definition) is 5. The van der Waals surface area contributed by atoms with Crippen molar-refractivity contribution < 1.29 is 23.8 Å². The molecule has 0 bridgehead atoms. The third kappa shape index (κ3) is 19.7. The molecule has 0 aromatic heterocycles. The fraction of sp³-hybridized carbons (Fsp3) is 0.913. The van der Waals surface area contributed by atoms with Gasteiger partial charge in [-0.25, -0.2) is 0 Å². The fourth-order valence-electron chi connectivity index (χ4n) is 2.85. The van der Waals surface area contributed by atoms with Crippen molar-refractivity contribution in [2.75, 3.05) is 19.8 Å². The minimum absolute atomic E-state index is 0.162. The maximum atomic E-state index is 11.8. The van der Waals surface area contributed by atoms with Crippen LogP contribution in [0, 0.1) is 11.8 Å². The molecule has 1 atom stereocenters. The molecule has 0 aliphatic heterocycles. The lowest BCUT2D eigenvalue weighted by Crippen LogP contribution is -2.21. The Morgan fingerprint density at radius 2 is 1.21 bits per heavy atom. The molecule has 0 aromatic carbocycles. The molecular weight excluding hydrogens is 356 g/mol. The molecule has 0 fully saturated rings. The van der Waals surface area contributed by atoms with Gasteiger partial charge in [-0.15, -0.1) is 0 Å². The van der Waals surface area contributed by atoms with Gasteiger partial charge in [-0.05, 0) is 31.6 Å². The van der Waals surface area contributed by atoms with Crippen molar-refractivity contribution in [3.05, 3.63) is 0 Å². The Morgan fingerprint density at radius 1 is 0.679 bits per heavy atom. The zero-order valence-corrected chi connectivity index (χ0v) is 19.0. The third-order valence-electron chi connectivity index (χ3n) is 4.50. The van der Waals surface area contributed by atoms with Gasteiger partial charge in [0.1, 0.15) is 12.7 Å². The fourth-order valence-corrected chi connectivity index (χ4v) is 2.85. The molecule has 0 spiro atoms. The highest BCUT2D eigenvalue weighted by atomic mass is 16.6. The average molecular weight is 401 g/mol. The van der Waals surface area contributed by atoms with Crippen LogP contribution in [-0.2, 0) is 23.8 Å². The Labute approximate surface area is 172 Å². The lowest BCUT2D eigenvalue weighted by atomic mass is 10.0. The molecule has 0 aliphatic rings. The van der Waals surface area contributed by atoms with Crippen LogP contribution in [0.15, 0.2) is 0 Å². The van der Waals surface area contributed by atoms with Crippen LogP contribution in [0.1, 0.15) is 98.8 Å². The topological polar surface area (TPSA) is 61.8 Å². The Hall–Kier alpha value is -1.10. The Morgan fingerprint density at radius 3 is 1.75 bits per heavy atom. The van der Waals surface area contributed by atoms with E-state index in [2.05, 4.69) is 27.7 Å². The summed E-state index contributed by atoms with van der Waals surface area (Å²) in [5, 5.41) is 0. The zero-order chi connectivity index (χ0) is 21.2. The van der Waals surface area contributed by atoms with Crippen molar-refractivity contribution in [2.24, 2.45) is 11.8 Å². The lowest BCUT2D eigenvalue weighted by Gasteiger charge is -2.14. The summed E-state index contributed by atoms with van der Waals surface area (Å²) in [5.41, 5.74) is 0. The zero-order valence-electron chi connectivity index (χ0n) is 19.0. The highest BCUT2D eigenvalue weighted by Crippen LogP contribution is 2.11. The van der Waals surface area contributed by atoms with E-state index in [0.29, 0.717) is 26.1 Å². The summed E-state index contributed by atoms with van der Waals surface area (Å²) in [7, 11) is 0. The molecule has 166 valence electrons. The van der Waals surface area contributed by atoms with Crippen LogP contribution >= 0.6 is 0 Å². The molecular formula is C23H44O5. The lowest BCUT2D eigenvalue weighted by molar-refractivity contribution is -0.152. The number of hydrogen-bond donors (Lipinski definition) is 0. The van der Waals surface area contributed by atoms with E-state index in [9.17, 15) is 9.59 Å². The molecule has 0 amide bonds. The first kappa shape index (κ1) is 26.9. The first-order chi connectivity index (χ1) is 13.3. The number of esters is 2. The van der Waals surface area contributed by atoms with Gasteiger partial charge in [0.25, 0.3) is 0 Å². The number of rotatable bonds is 18. The predicted octanol–water partition coefficient (Wildman–Crippen LogP) is 5.69. The molecule has 28 heavy (non-hydrogen) atoms. The van der Waals surface area contributed by atoms with Crippen LogP contribution in [0.2, 0.25) is 0 Å². The first-order valence-electron chi connectivity index (χ1n) is 11.2. The van der Waals surface area contributed by atoms with Crippen molar-refractivity contribution in [1.82, 2.24) is 0 Å². The second-order valence-electron chi connectivity index (χ2n) is 8.58. The van der Waals surface area contributed by atoms with E-state index in [1.165, 1.54) is 25.7 Å². The van der Waals surface area contributed by atoms with Gasteiger partial charge in [0.05, 0.1) is 13.2 Å². The SMILES string of the molecule is CC(C)CCCCCC(=O)OCCOCC(C)OC(=O)CCCCCC(C)C. The standard InChI is InChI=1S/C23H44O5/c1-19(2)12-8-6-10-14-22(24)27-17-16-26-18-21(5)28-23(25)15-11-7-9-13-20(3)4/h19-21H,6-18H2,1-5H3. The average Bonchev–Trinajstić information content (AvgIpc) is 2.60. The number of carbonyl (C=O) groups excluding carboxylic acids is 2. The van der Waals surface area contributed by atoms with Gasteiger partial charge in [0, 0.05) is 12.8 Å². The summed E-state index contributed by atoms with van der Waals surface area (Å²) in [6, 6.07) is 0. The maximum Gasteiger partial charge on any atom is 0.306 e. The molecule has 0 aliphatic carbocycles. The molecule has 0 N–H and O–H groups in total. The molecule has 5 heteroatoms. The molecule has 0 saturated carbocycles. The molecule has 5 nitrogen and oxygen atoms in total. The number of unbranched alkanes of at least 4 members (excludes halogenated alkanes) is 4. The number of ether oxygens (including phenoxy) is 3. The number of carbonyl (C=O) groups is 2. The van der Waals surface area contributed by atoms with Crippen LogP contribution in [0.4, 0.5) is 0 Å². The van der Waals surface area contributed by atoms with Crippen molar-refractivity contribution in [2.45, 2.75) is 105 Å². The summed E-state index contributed by atoms with van der Waals surface area (Å²) in [4.78, 5) is 23.4. The summed E-state index contributed by atoms with van der Waals surface area (Å²) < 4.78 is 15.9. The van der Waals surface area contributed by atoms with Crippen molar-refractivity contribution in [1.29, 1.82) is 0 Å². The largest absolute Gasteiger partial charge is 0.463 e. The van der Waals surface area contributed by atoms with E-state index in [1.54, 1.807) is 0 Å². The van der Waals surface area contributed by atoms with Gasteiger partial charge in [-0.1, -0.05) is 66.2 Å². The van der Waals surface area contributed by atoms with E-state index < -0.39 is 0 Å². The third-order valence-corrected chi connectivity index (χ3v) is 4.50. The van der Waals surface area contributed by atoms with Gasteiger partial charge in [0.2, 0.25) is 0 Å². The second kappa shape index (κ2) is 18.0. The summed E-state index contributed by atoms with van der Waals surface area (Å²) >= 11 is 0. The molecule has 0 saturated heterocycles. The van der Waals surface area contributed by atoms with Crippen molar-refractivity contribution >= 4 is 11.9 Å². The molecule has 1 unspecified atom stereocenters. The summed E-state index contributed by atoms with van der Waals surface area (Å²) in [6.45, 7) is 11.6. The Bertz CT molecular complexity index is 392. The minimum atomic E-state index is -0.278. The van der Waals surface area contributed by atoms with Crippen LogP contribution < -0.4 is 0 Å². The summed E-state index contributed by atoms with van der Waals surface area (Å²) in [5.74, 6) is 1.12. The molecule has 0 heterocycles. The molecule has 0 aromatic rings.